The Morgan fingerprint density at radius 3 is 2.15 bits per heavy atom. The summed E-state index contributed by atoms with van der Waals surface area (Å²) in [5.41, 5.74) is 1.50. The van der Waals surface area contributed by atoms with Crippen LogP contribution in [0.25, 0.3) is 0 Å². The molecule has 0 radical (unpaired) electrons. The minimum absolute atomic E-state index is 0.184. The molecule has 0 spiro atoms. The molecule has 0 amide bonds. The maximum Gasteiger partial charge on any atom is 0.281 e. The molecule has 0 bridgehead atoms. The molecule has 1 aromatic heterocycles. The standard InChI is InChI=1S/C11H17FO/c1-7(2)8-6-13-10(12)9(8)11(3,4)5/h6-7H,1-5H3. The summed E-state index contributed by atoms with van der Waals surface area (Å²) in [6.45, 7) is 10.1. The van der Waals surface area contributed by atoms with Crippen molar-refractivity contribution in [3.63, 3.8) is 0 Å². The van der Waals surface area contributed by atoms with Gasteiger partial charge in [-0.25, -0.2) is 0 Å². The third-order valence-corrected chi connectivity index (χ3v) is 2.15. The van der Waals surface area contributed by atoms with E-state index >= 15 is 0 Å². The van der Waals surface area contributed by atoms with Gasteiger partial charge in [-0.2, -0.15) is 4.39 Å². The van der Waals surface area contributed by atoms with Gasteiger partial charge in [0.25, 0.3) is 6.01 Å². The summed E-state index contributed by atoms with van der Waals surface area (Å²) >= 11 is 0. The molecule has 0 aromatic carbocycles. The van der Waals surface area contributed by atoms with E-state index < -0.39 is 6.01 Å². The van der Waals surface area contributed by atoms with Crippen molar-refractivity contribution in [2.24, 2.45) is 0 Å². The average molecular weight is 184 g/mol. The lowest BCUT2D eigenvalue weighted by molar-refractivity contribution is 0.340. The molecule has 0 fully saturated rings. The van der Waals surface area contributed by atoms with Crippen molar-refractivity contribution in [3.05, 3.63) is 23.4 Å². The van der Waals surface area contributed by atoms with Crippen molar-refractivity contribution < 1.29 is 8.81 Å². The average Bonchev–Trinajstić information content (AvgIpc) is 2.28. The second-order valence-electron chi connectivity index (χ2n) is 4.74. The van der Waals surface area contributed by atoms with E-state index in [1.807, 2.05) is 34.6 Å². The maximum atomic E-state index is 13.3. The van der Waals surface area contributed by atoms with Crippen molar-refractivity contribution in [3.8, 4) is 0 Å². The molecule has 13 heavy (non-hydrogen) atoms. The van der Waals surface area contributed by atoms with Gasteiger partial charge in [0.05, 0.1) is 6.26 Å². The molecule has 1 nitrogen and oxygen atoms in total. The highest BCUT2D eigenvalue weighted by atomic mass is 19.1. The molecule has 0 atom stereocenters. The Bertz CT molecular complexity index is 292. The van der Waals surface area contributed by atoms with Gasteiger partial charge in [-0.05, 0) is 16.9 Å². The molecule has 0 aliphatic rings. The lowest BCUT2D eigenvalue weighted by Crippen LogP contribution is -2.14. The highest BCUT2D eigenvalue weighted by Crippen LogP contribution is 2.33. The first kappa shape index (κ1) is 10.3. The minimum Gasteiger partial charge on any atom is -0.439 e. The van der Waals surface area contributed by atoms with Crippen molar-refractivity contribution in [2.45, 2.75) is 46.0 Å². The molecule has 74 valence electrons. The lowest BCUT2D eigenvalue weighted by atomic mass is 9.83. The van der Waals surface area contributed by atoms with Crippen LogP contribution in [0.2, 0.25) is 0 Å². The summed E-state index contributed by atoms with van der Waals surface area (Å²) in [5, 5.41) is 0. The summed E-state index contributed by atoms with van der Waals surface area (Å²) in [7, 11) is 0. The summed E-state index contributed by atoms with van der Waals surface area (Å²) in [6, 6.07) is -0.434. The number of hydrogen-bond donors (Lipinski definition) is 0. The van der Waals surface area contributed by atoms with Gasteiger partial charge in [-0.1, -0.05) is 34.6 Å². The van der Waals surface area contributed by atoms with E-state index in [9.17, 15) is 4.39 Å². The van der Waals surface area contributed by atoms with Crippen molar-refractivity contribution in [1.82, 2.24) is 0 Å². The zero-order chi connectivity index (χ0) is 10.2. The van der Waals surface area contributed by atoms with Gasteiger partial charge in [0, 0.05) is 5.56 Å². The van der Waals surface area contributed by atoms with E-state index in [1.165, 1.54) is 6.26 Å². The fourth-order valence-corrected chi connectivity index (χ4v) is 1.50. The molecule has 0 aliphatic heterocycles. The van der Waals surface area contributed by atoms with Crippen LogP contribution in [0.5, 0.6) is 0 Å². The first-order valence-corrected chi connectivity index (χ1v) is 4.61. The highest BCUT2D eigenvalue weighted by Gasteiger charge is 2.26. The first-order valence-electron chi connectivity index (χ1n) is 4.61. The van der Waals surface area contributed by atoms with Crippen LogP contribution < -0.4 is 0 Å². The van der Waals surface area contributed by atoms with E-state index in [2.05, 4.69) is 0 Å². The van der Waals surface area contributed by atoms with Crippen LogP contribution in [0.4, 0.5) is 4.39 Å². The van der Waals surface area contributed by atoms with Crippen molar-refractivity contribution >= 4 is 0 Å². The molecule has 1 rings (SSSR count). The van der Waals surface area contributed by atoms with Crippen LogP contribution in [-0.4, -0.2) is 0 Å². The zero-order valence-corrected chi connectivity index (χ0v) is 8.94. The van der Waals surface area contributed by atoms with Crippen LogP contribution in [0.15, 0.2) is 10.7 Å². The fraction of sp³-hybridized carbons (Fsp3) is 0.636. The number of furan rings is 1. The Kier molecular flexibility index (Phi) is 2.51. The highest BCUT2D eigenvalue weighted by molar-refractivity contribution is 5.31. The van der Waals surface area contributed by atoms with E-state index in [1.54, 1.807) is 0 Å². The normalized spacial score (nSPS) is 12.5. The van der Waals surface area contributed by atoms with Crippen molar-refractivity contribution in [1.29, 1.82) is 0 Å². The van der Waals surface area contributed by atoms with E-state index in [0.29, 0.717) is 11.5 Å². The lowest BCUT2D eigenvalue weighted by Gasteiger charge is -2.19. The minimum atomic E-state index is -0.434. The molecular formula is C11H17FO. The summed E-state index contributed by atoms with van der Waals surface area (Å²) < 4.78 is 18.1. The molecule has 0 N–H and O–H groups in total. The monoisotopic (exact) mass is 184 g/mol. The maximum absolute atomic E-state index is 13.3. The van der Waals surface area contributed by atoms with Crippen molar-refractivity contribution in [2.75, 3.05) is 0 Å². The zero-order valence-electron chi connectivity index (χ0n) is 8.94. The Hall–Kier alpha value is -0.790. The Labute approximate surface area is 78.9 Å². The SMILES string of the molecule is CC(C)c1coc(F)c1C(C)(C)C. The van der Waals surface area contributed by atoms with Crippen LogP contribution in [-0.2, 0) is 5.41 Å². The smallest absolute Gasteiger partial charge is 0.281 e. The number of rotatable bonds is 1. The quantitative estimate of drug-likeness (QED) is 0.646. The molecule has 0 saturated carbocycles. The van der Waals surface area contributed by atoms with Crippen LogP contribution >= 0.6 is 0 Å². The first-order chi connectivity index (χ1) is 5.84. The summed E-state index contributed by atoms with van der Waals surface area (Å²) in [5.74, 6) is 0.308. The molecule has 1 heterocycles. The second-order valence-corrected chi connectivity index (χ2v) is 4.74. The molecule has 0 aliphatic carbocycles. The predicted molar refractivity (Wildman–Crippen MR) is 51.5 cm³/mol. The summed E-state index contributed by atoms with van der Waals surface area (Å²) in [4.78, 5) is 0. The van der Waals surface area contributed by atoms with Crippen LogP contribution in [0.3, 0.4) is 0 Å². The third-order valence-electron chi connectivity index (χ3n) is 2.15. The third kappa shape index (κ3) is 1.93. The van der Waals surface area contributed by atoms with E-state index in [0.717, 1.165) is 5.56 Å². The van der Waals surface area contributed by atoms with Gasteiger partial charge in [0.2, 0.25) is 0 Å². The second kappa shape index (κ2) is 3.17. The largest absolute Gasteiger partial charge is 0.439 e. The summed E-state index contributed by atoms with van der Waals surface area (Å²) in [6.07, 6.45) is 1.53. The van der Waals surface area contributed by atoms with Crippen LogP contribution in [0.1, 0.15) is 51.7 Å². The molecule has 0 saturated heterocycles. The van der Waals surface area contributed by atoms with Gasteiger partial charge in [-0.3, -0.25) is 0 Å². The van der Waals surface area contributed by atoms with Gasteiger partial charge in [0.15, 0.2) is 0 Å². The van der Waals surface area contributed by atoms with Gasteiger partial charge >= 0.3 is 0 Å². The Morgan fingerprint density at radius 2 is 1.85 bits per heavy atom. The number of hydrogen-bond acceptors (Lipinski definition) is 1. The molecular weight excluding hydrogens is 167 g/mol. The predicted octanol–water partition coefficient (Wildman–Crippen LogP) is 3.84. The van der Waals surface area contributed by atoms with Crippen LogP contribution in [0, 0.1) is 6.01 Å². The molecule has 2 heteroatoms. The van der Waals surface area contributed by atoms with E-state index in [-0.39, 0.29) is 5.41 Å². The van der Waals surface area contributed by atoms with E-state index in [4.69, 9.17) is 4.42 Å². The molecule has 1 aromatic rings. The van der Waals surface area contributed by atoms with Gasteiger partial charge in [0.1, 0.15) is 0 Å². The molecule has 0 unspecified atom stereocenters. The Balaban J connectivity index is 3.25. The van der Waals surface area contributed by atoms with Gasteiger partial charge in [-0.15, -0.1) is 0 Å². The fourth-order valence-electron chi connectivity index (χ4n) is 1.50. The topological polar surface area (TPSA) is 13.1 Å². The number of halogens is 1. The van der Waals surface area contributed by atoms with Gasteiger partial charge < -0.3 is 4.42 Å². The Morgan fingerprint density at radius 1 is 1.31 bits per heavy atom.